The molecule has 9 heteroatoms. The third-order valence-electron chi connectivity index (χ3n) is 6.07. The first-order valence-corrected chi connectivity index (χ1v) is 12.7. The van der Waals surface area contributed by atoms with Crippen molar-refractivity contribution in [1.82, 2.24) is 4.98 Å². The summed E-state index contributed by atoms with van der Waals surface area (Å²) in [4.78, 5) is 18.8. The minimum Gasteiger partial charge on any atom is -0.497 e. The van der Waals surface area contributed by atoms with E-state index in [0.717, 1.165) is 31.4 Å². The number of ether oxygens (including phenoxy) is 6. The van der Waals surface area contributed by atoms with Gasteiger partial charge >= 0.3 is 0 Å². The van der Waals surface area contributed by atoms with E-state index in [2.05, 4.69) is 4.98 Å². The molecule has 4 rings (SSSR count). The summed E-state index contributed by atoms with van der Waals surface area (Å²) in [5, 5.41) is 0. The number of benzene rings is 2. The lowest BCUT2D eigenvalue weighted by atomic mass is 10.1. The van der Waals surface area contributed by atoms with E-state index < -0.39 is 0 Å². The van der Waals surface area contributed by atoms with Gasteiger partial charge in [0.05, 0.1) is 27.4 Å². The molecule has 0 bridgehead atoms. The number of nitrogens with zero attached hydrogens (tertiary/aromatic N) is 2. The fraction of sp³-hybridized carbons (Fsp3) is 0.379. The van der Waals surface area contributed by atoms with E-state index in [1.165, 1.54) is 6.92 Å². The predicted molar refractivity (Wildman–Crippen MR) is 142 cm³/mol. The van der Waals surface area contributed by atoms with Gasteiger partial charge in [-0.3, -0.25) is 4.79 Å². The van der Waals surface area contributed by atoms with Crippen molar-refractivity contribution in [2.45, 2.75) is 39.0 Å². The van der Waals surface area contributed by atoms with Crippen LogP contribution >= 0.6 is 0 Å². The summed E-state index contributed by atoms with van der Waals surface area (Å²) in [5.74, 6) is 2.70. The Morgan fingerprint density at radius 1 is 1.00 bits per heavy atom. The summed E-state index contributed by atoms with van der Waals surface area (Å²) in [6.07, 6.45) is 4.52. The van der Waals surface area contributed by atoms with Crippen LogP contribution in [-0.4, -0.2) is 51.2 Å². The maximum absolute atomic E-state index is 12.9. The van der Waals surface area contributed by atoms with Gasteiger partial charge in [0.1, 0.15) is 35.3 Å². The van der Waals surface area contributed by atoms with Gasteiger partial charge in [0.15, 0.2) is 6.29 Å². The number of amides is 1. The molecule has 3 aromatic rings. The van der Waals surface area contributed by atoms with E-state index >= 15 is 0 Å². The molecule has 1 amide bonds. The molecule has 1 aliphatic heterocycles. The second-order valence-electron chi connectivity index (χ2n) is 8.70. The minimum absolute atomic E-state index is 0.175. The Morgan fingerprint density at radius 2 is 1.76 bits per heavy atom. The molecule has 2 aromatic carbocycles. The maximum atomic E-state index is 12.9. The predicted octanol–water partition coefficient (Wildman–Crippen LogP) is 5.37. The average molecular weight is 523 g/mol. The van der Waals surface area contributed by atoms with Gasteiger partial charge in [0, 0.05) is 25.3 Å². The Morgan fingerprint density at radius 3 is 2.47 bits per heavy atom. The van der Waals surface area contributed by atoms with E-state index in [-0.39, 0.29) is 18.7 Å². The molecule has 202 valence electrons. The number of pyridine rings is 1. The summed E-state index contributed by atoms with van der Waals surface area (Å²) >= 11 is 0. The first kappa shape index (κ1) is 27.2. The number of aromatic nitrogens is 1. The summed E-state index contributed by atoms with van der Waals surface area (Å²) in [5.41, 5.74) is 1.30. The Labute approximate surface area is 223 Å². The van der Waals surface area contributed by atoms with Crippen LogP contribution in [0, 0.1) is 0 Å². The molecule has 1 atom stereocenters. The zero-order chi connectivity index (χ0) is 26.7. The molecule has 0 aliphatic carbocycles. The second-order valence-corrected chi connectivity index (χ2v) is 8.70. The van der Waals surface area contributed by atoms with Gasteiger partial charge in [-0.1, -0.05) is 0 Å². The molecule has 0 radical (unpaired) electrons. The molecular weight excluding hydrogens is 488 g/mol. The fourth-order valence-corrected chi connectivity index (χ4v) is 4.08. The number of methoxy groups -OCH3 is 2. The van der Waals surface area contributed by atoms with Crippen LogP contribution < -0.4 is 23.8 Å². The third-order valence-corrected chi connectivity index (χ3v) is 6.07. The van der Waals surface area contributed by atoms with Gasteiger partial charge < -0.3 is 33.3 Å². The van der Waals surface area contributed by atoms with Crippen molar-refractivity contribution in [2.24, 2.45) is 0 Å². The highest BCUT2D eigenvalue weighted by atomic mass is 16.7. The zero-order valence-corrected chi connectivity index (χ0v) is 22.1. The van der Waals surface area contributed by atoms with Crippen molar-refractivity contribution < 1.29 is 33.2 Å². The van der Waals surface area contributed by atoms with E-state index in [9.17, 15) is 4.79 Å². The first-order chi connectivity index (χ1) is 18.6. The lowest BCUT2D eigenvalue weighted by Crippen LogP contribution is -2.29. The van der Waals surface area contributed by atoms with Crippen LogP contribution in [0.1, 0.15) is 31.7 Å². The number of hydrogen-bond acceptors (Lipinski definition) is 8. The summed E-state index contributed by atoms with van der Waals surface area (Å²) in [7, 11) is 3.20. The van der Waals surface area contributed by atoms with Crippen LogP contribution in [-0.2, 0) is 20.8 Å². The topological polar surface area (TPSA) is 88.6 Å². The number of anilines is 1. The van der Waals surface area contributed by atoms with Crippen LogP contribution in [0.5, 0.6) is 28.9 Å². The first-order valence-electron chi connectivity index (χ1n) is 12.7. The Kier molecular flexibility index (Phi) is 9.77. The maximum Gasteiger partial charge on any atom is 0.243 e. The van der Waals surface area contributed by atoms with E-state index in [0.29, 0.717) is 47.8 Å². The van der Waals surface area contributed by atoms with E-state index in [4.69, 9.17) is 28.4 Å². The number of hydrogen-bond donors (Lipinski definition) is 0. The van der Waals surface area contributed by atoms with E-state index in [1.807, 2.05) is 18.2 Å². The summed E-state index contributed by atoms with van der Waals surface area (Å²) in [6.45, 7) is 3.20. The van der Waals surface area contributed by atoms with Crippen LogP contribution in [0.3, 0.4) is 0 Å². The van der Waals surface area contributed by atoms with Crippen LogP contribution in [0.15, 0.2) is 60.8 Å². The molecule has 1 aromatic heterocycles. The standard InChI is InChI=1S/C29H34N2O7/c1-21(32)31(26-7-6-15-30-29(26)38-24-11-9-23(33-2)10-12-24)20-22-19-25(34-3)13-14-27(22)35-17-18-37-28-8-4-5-16-36-28/h6-7,9-15,19,28H,4-5,8,16-18,20H2,1-3H3. The molecule has 1 unspecified atom stereocenters. The normalized spacial score (nSPS) is 15.0. The monoisotopic (exact) mass is 522 g/mol. The third kappa shape index (κ3) is 7.36. The zero-order valence-electron chi connectivity index (χ0n) is 22.1. The van der Waals surface area contributed by atoms with Gasteiger partial charge in [-0.2, -0.15) is 0 Å². The highest BCUT2D eigenvalue weighted by molar-refractivity contribution is 5.92. The molecule has 1 aliphatic rings. The molecule has 0 N–H and O–H groups in total. The number of rotatable bonds is 12. The smallest absolute Gasteiger partial charge is 0.243 e. The summed E-state index contributed by atoms with van der Waals surface area (Å²) < 4.78 is 34.2. The Bertz CT molecular complexity index is 1180. The Hall–Kier alpha value is -3.82. The van der Waals surface area contributed by atoms with Gasteiger partial charge in [0.25, 0.3) is 0 Å². The minimum atomic E-state index is -0.177. The fourth-order valence-electron chi connectivity index (χ4n) is 4.08. The van der Waals surface area contributed by atoms with Crippen LogP contribution in [0.2, 0.25) is 0 Å². The van der Waals surface area contributed by atoms with Crippen LogP contribution in [0.4, 0.5) is 5.69 Å². The molecule has 1 fully saturated rings. The quantitative estimate of drug-likeness (QED) is 0.294. The molecule has 38 heavy (non-hydrogen) atoms. The number of carbonyl (C=O) groups excluding carboxylic acids is 1. The van der Waals surface area contributed by atoms with Crippen LogP contribution in [0.25, 0.3) is 0 Å². The van der Waals surface area contributed by atoms with Crippen molar-refractivity contribution in [1.29, 1.82) is 0 Å². The highest BCUT2D eigenvalue weighted by Crippen LogP contribution is 2.34. The Balaban J connectivity index is 1.51. The molecule has 2 heterocycles. The lowest BCUT2D eigenvalue weighted by molar-refractivity contribution is -0.165. The van der Waals surface area contributed by atoms with Crippen molar-refractivity contribution in [3.8, 4) is 28.9 Å². The van der Waals surface area contributed by atoms with Crippen molar-refractivity contribution in [3.63, 3.8) is 0 Å². The summed E-state index contributed by atoms with van der Waals surface area (Å²) in [6, 6.07) is 16.2. The van der Waals surface area contributed by atoms with Gasteiger partial charge in [0.2, 0.25) is 11.8 Å². The van der Waals surface area contributed by atoms with Gasteiger partial charge in [-0.05, 0) is 73.9 Å². The van der Waals surface area contributed by atoms with Gasteiger partial charge in [-0.25, -0.2) is 4.98 Å². The molecule has 0 spiro atoms. The molecule has 1 saturated heterocycles. The van der Waals surface area contributed by atoms with Gasteiger partial charge in [-0.15, -0.1) is 0 Å². The van der Waals surface area contributed by atoms with E-state index in [1.54, 1.807) is 61.7 Å². The lowest BCUT2D eigenvalue weighted by Gasteiger charge is -2.25. The van der Waals surface area contributed by atoms with Crippen molar-refractivity contribution in [2.75, 3.05) is 38.9 Å². The molecule has 0 saturated carbocycles. The second kappa shape index (κ2) is 13.6. The van der Waals surface area contributed by atoms with Crippen molar-refractivity contribution in [3.05, 3.63) is 66.4 Å². The SMILES string of the molecule is COc1ccc(Oc2ncccc2N(Cc2cc(OC)ccc2OCCOC2CCCCO2)C(C)=O)cc1. The van der Waals surface area contributed by atoms with Crippen molar-refractivity contribution >= 4 is 11.6 Å². The number of carbonyl (C=O) groups is 1. The molecule has 9 nitrogen and oxygen atoms in total. The molecular formula is C29H34N2O7. The average Bonchev–Trinajstić information content (AvgIpc) is 2.95. The highest BCUT2D eigenvalue weighted by Gasteiger charge is 2.21. The largest absolute Gasteiger partial charge is 0.497 e.